The summed E-state index contributed by atoms with van der Waals surface area (Å²) in [6, 6.07) is 11.5. The minimum atomic E-state index is -0.144. The molecule has 0 bridgehead atoms. The van der Waals surface area contributed by atoms with E-state index < -0.39 is 0 Å². The zero-order valence-electron chi connectivity index (χ0n) is 21.2. The van der Waals surface area contributed by atoms with Crippen LogP contribution in [-0.4, -0.2) is 69.0 Å². The van der Waals surface area contributed by atoms with Crippen molar-refractivity contribution in [2.24, 2.45) is 5.92 Å². The Labute approximate surface area is 218 Å². The maximum absolute atomic E-state index is 12.8. The number of hydrogen-bond donors (Lipinski definition) is 4. The topological polar surface area (TPSA) is 132 Å². The van der Waals surface area contributed by atoms with Gasteiger partial charge in [-0.05, 0) is 63.3 Å². The minimum absolute atomic E-state index is 0.0154. The summed E-state index contributed by atoms with van der Waals surface area (Å²) >= 11 is 0. The molecule has 0 atom stereocenters. The number of piperidine rings is 1. The third-order valence-corrected chi connectivity index (χ3v) is 7.24. The van der Waals surface area contributed by atoms with Gasteiger partial charge in [-0.15, -0.1) is 0 Å². The largest absolute Gasteiger partial charge is 0.355 e. The van der Waals surface area contributed by atoms with Gasteiger partial charge in [-0.3, -0.25) is 19.7 Å². The molecule has 4 aromatic heterocycles. The molecule has 4 N–H and O–H groups in total. The SMILES string of the molecule is CNC(=O)c1cccc2[nH]c(-c3[nH]nc4ncc(-c5cncc(NC(=O)C6CCN(C)CC6)c5)cc34)cc12. The Hall–Kier alpha value is -4.57. The number of amides is 2. The molecule has 5 aromatic rings. The molecule has 1 aliphatic rings. The van der Waals surface area contributed by atoms with Crippen molar-refractivity contribution in [3.63, 3.8) is 0 Å². The highest BCUT2D eigenvalue weighted by atomic mass is 16.2. The van der Waals surface area contributed by atoms with E-state index in [0.29, 0.717) is 16.9 Å². The number of rotatable bonds is 5. The van der Waals surface area contributed by atoms with E-state index in [1.54, 1.807) is 31.7 Å². The second-order valence-corrected chi connectivity index (χ2v) is 9.75. The molecule has 1 aromatic carbocycles. The number of likely N-dealkylation sites (tertiary alicyclic amines) is 1. The van der Waals surface area contributed by atoms with Crippen molar-refractivity contribution >= 4 is 39.4 Å². The van der Waals surface area contributed by atoms with E-state index in [-0.39, 0.29) is 17.7 Å². The lowest BCUT2D eigenvalue weighted by Gasteiger charge is -2.28. The quantitative estimate of drug-likeness (QED) is 0.286. The van der Waals surface area contributed by atoms with Crippen molar-refractivity contribution in [3.8, 4) is 22.5 Å². The fraction of sp³-hybridized carbons (Fsp3) is 0.250. The molecule has 0 radical (unpaired) electrons. The maximum atomic E-state index is 12.8. The minimum Gasteiger partial charge on any atom is -0.355 e. The smallest absolute Gasteiger partial charge is 0.251 e. The van der Waals surface area contributed by atoms with Gasteiger partial charge in [-0.2, -0.15) is 5.10 Å². The summed E-state index contributed by atoms with van der Waals surface area (Å²) in [6.07, 6.45) is 6.89. The monoisotopic (exact) mass is 508 g/mol. The Kier molecular flexibility index (Phi) is 6.09. The van der Waals surface area contributed by atoms with Gasteiger partial charge in [0.1, 0.15) is 0 Å². The Morgan fingerprint density at radius 1 is 1.03 bits per heavy atom. The zero-order chi connectivity index (χ0) is 26.2. The summed E-state index contributed by atoms with van der Waals surface area (Å²) in [5.74, 6) is -0.0888. The molecule has 10 heteroatoms. The van der Waals surface area contributed by atoms with Crippen molar-refractivity contribution in [2.75, 3.05) is 32.5 Å². The molecule has 1 aliphatic heterocycles. The molecule has 38 heavy (non-hydrogen) atoms. The predicted octanol–water partition coefficient (Wildman–Crippen LogP) is 3.81. The fourth-order valence-corrected chi connectivity index (χ4v) is 5.07. The zero-order valence-corrected chi connectivity index (χ0v) is 21.2. The van der Waals surface area contributed by atoms with Crippen LogP contribution in [0.25, 0.3) is 44.5 Å². The fourth-order valence-electron chi connectivity index (χ4n) is 5.07. The normalized spacial score (nSPS) is 14.7. The number of nitrogens with zero attached hydrogens (tertiary/aromatic N) is 4. The first kappa shape index (κ1) is 23.8. The number of H-pyrrole nitrogens is 2. The first-order valence-electron chi connectivity index (χ1n) is 12.6. The summed E-state index contributed by atoms with van der Waals surface area (Å²) in [5.41, 5.74) is 5.95. The van der Waals surface area contributed by atoms with Crippen molar-refractivity contribution in [1.29, 1.82) is 0 Å². The Balaban J connectivity index is 1.31. The third-order valence-electron chi connectivity index (χ3n) is 7.24. The highest BCUT2D eigenvalue weighted by Crippen LogP contribution is 2.32. The van der Waals surface area contributed by atoms with E-state index >= 15 is 0 Å². The second-order valence-electron chi connectivity index (χ2n) is 9.75. The molecule has 0 spiro atoms. The standard InChI is InChI=1S/C28H28N8O2/c1-29-28(38)20-4-3-5-23-21(20)12-24(33-23)25-22-11-18(14-31-26(22)35-34-25)17-10-19(15-30-13-17)32-27(37)16-6-8-36(2)9-7-16/h3-5,10-16,33H,6-9H2,1-2H3,(H,29,38)(H,32,37)(H,31,34,35). The highest BCUT2D eigenvalue weighted by Gasteiger charge is 2.23. The molecule has 10 nitrogen and oxygen atoms in total. The van der Waals surface area contributed by atoms with Crippen LogP contribution in [0.4, 0.5) is 5.69 Å². The van der Waals surface area contributed by atoms with Crippen LogP contribution in [0, 0.1) is 5.92 Å². The van der Waals surface area contributed by atoms with Crippen molar-refractivity contribution in [1.82, 2.24) is 35.4 Å². The van der Waals surface area contributed by atoms with Crippen LogP contribution in [0.1, 0.15) is 23.2 Å². The van der Waals surface area contributed by atoms with Crippen LogP contribution >= 0.6 is 0 Å². The Bertz CT molecular complexity index is 1660. The van der Waals surface area contributed by atoms with E-state index in [1.807, 2.05) is 30.3 Å². The van der Waals surface area contributed by atoms with Gasteiger partial charge in [0.2, 0.25) is 5.91 Å². The van der Waals surface area contributed by atoms with E-state index in [4.69, 9.17) is 0 Å². The molecular weight excluding hydrogens is 480 g/mol. The number of benzene rings is 1. The molecule has 6 rings (SSSR count). The molecule has 0 saturated carbocycles. The van der Waals surface area contributed by atoms with Gasteiger partial charge < -0.3 is 20.5 Å². The lowest BCUT2D eigenvalue weighted by molar-refractivity contribution is -0.121. The summed E-state index contributed by atoms with van der Waals surface area (Å²) in [4.78, 5) is 39.7. The number of nitrogens with one attached hydrogen (secondary N) is 4. The van der Waals surface area contributed by atoms with Crippen LogP contribution in [0.2, 0.25) is 0 Å². The first-order chi connectivity index (χ1) is 18.5. The third kappa shape index (κ3) is 4.39. The van der Waals surface area contributed by atoms with Crippen molar-refractivity contribution < 1.29 is 9.59 Å². The maximum Gasteiger partial charge on any atom is 0.251 e. The number of carbonyl (C=O) groups excluding carboxylic acids is 2. The molecule has 2 amide bonds. The van der Waals surface area contributed by atoms with Crippen LogP contribution < -0.4 is 10.6 Å². The van der Waals surface area contributed by atoms with Gasteiger partial charge >= 0.3 is 0 Å². The lowest BCUT2D eigenvalue weighted by Crippen LogP contribution is -2.35. The highest BCUT2D eigenvalue weighted by molar-refractivity contribution is 6.08. The van der Waals surface area contributed by atoms with Crippen molar-refractivity contribution in [2.45, 2.75) is 12.8 Å². The molecule has 5 heterocycles. The van der Waals surface area contributed by atoms with Crippen LogP contribution in [0.5, 0.6) is 0 Å². The molecule has 192 valence electrons. The van der Waals surface area contributed by atoms with Gasteiger partial charge in [0, 0.05) is 58.3 Å². The summed E-state index contributed by atoms with van der Waals surface area (Å²) < 4.78 is 0. The molecule has 1 fully saturated rings. The van der Waals surface area contributed by atoms with E-state index in [2.05, 4.69) is 47.7 Å². The van der Waals surface area contributed by atoms with Gasteiger partial charge in [-0.25, -0.2) is 4.98 Å². The number of aromatic nitrogens is 5. The van der Waals surface area contributed by atoms with Gasteiger partial charge in [0.25, 0.3) is 5.91 Å². The average molecular weight is 509 g/mol. The Morgan fingerprint density at radius 2 is 1.84 bits per heavy atom. The molecule has 1 saturated heterocycles. The lowest BCUT2D eigenvalue weighted by atomic mass is 9.96. The first-order valence-corrected chi connectivity index (χ1v) is 12.6. The van der Waals surface area contributed by atoms with Gasteiger partial charge in [0.05, 0.1) is 23.3 Å². The number of carbonyl (C=O) groups is 2. The van der Waals surface area contributed by atoms with E-state index in [0.717, 1.165) is 64.7 Å². The predicted molar refractivity (Wildman–Crippen MR) is 147 cm³/mol. The van der Waals surface area contributed by atoms with Gasteiger partial charge in [0.15, 0.2) is 5.65 Å². The number of fused-ring (bicyclic) bond motifs is 2. The van der Waals surface area contributed by atoms with E-state index in [1.165, 1.54) is 0 Å². The Morgan fingerprint density at radius 3 is 2.66 bits per heavy atom. The molecular formula is C28H28N8O2. The summed E-state index contributed by atoms with van der Waals surface area (Å²) in [6.45, 7) is 1.86. The second kappa shape index (κ2) is 9.71. The average Bonchev–Trinajstić information content (AvgIpc) is 3.56. The molecule has 0 unspecified atom stereocenters. The van der Waals surface area contributed by atoms with Crippen molar-refractivity contribution in [3.05, 3.63) is 60.6 Å². The van der Waals surface area contributed by atoms with Crippen LogP contribution in [-0.2, 0) is 4.79 Å². The van der Waals surface area contributed by atoms with E-state index in [9.17, 15) is 9.59 Å². The number of aromatic amines is 2. The van der Waals surface area contributed by atoms with Crippen LogP contribution in [0.15, 0.2) is 55.0 Å². The van der Waals surface area contributed by atoms with Crippen LogP contribution in [0.3, 0.4) is 0 Å². The number of pyridine rings is 2. The summed E-state index contributed by atoms with van der Waals surface area (Å²) in [7, 11) is 3.70. The number of hydrogen-bond acceptors (Lipinski definition) is 6. The summed E-state index contributed by atoms with van der Waals surface area (Å²) in [5, 5.41) is 14.9. The molecule has 0 aliphatic carbocycles. The van der Waals surface area contributed by atoms with Gasteiger partial charge in [-0.1, -0.05) is 6.07 Å². The number of anilines is 1.